The summed E-state index contributed by atoms with van der Waals surface area (Å²) >= 11 is 0. The van der Waals surface area contributed by atoms with Crippen LogP contribution in [0.1, 0.15) is 10.4 Å². The maximum atomic E-state index is 10.3. The highest BCUT2D eigenvalue weighted by atomic mass is 16.4. The number of rotatable bonds is 3. The van der Waals surface area contributed by atoms with Crippen molar-refractivity contribution in [3.8, 4) is 17.2 Å². The summed E-state index contributed by atoms with van der Waals surface area (Å²) in [5, 5.41) is 50.6. The molecule has 20 heavy (non-hydrogen) atoms. The Morgan fingerprint density at radius 1 is 0.800 bits per heavy atom. The lowest BCUT2D eigenvalue weighted by molar-refractivity contribution is -0.134. The monoisotopic (exact) mass is 286 g/mol. The number of carboxylic acid groups (broad SMARTS) is 3. The molecule has 0 atom stereocenters. The SMILES string of the molecule is O=C(O)/C=C/C(=O)O.O=C(O)c1cc(O)c(O)c(O)c1. The fourth-order valence-electron chi connectivity index (χ4n) is 0.870. The first-order valence-electron chi connectivity index (χ1n) is 4.77. The van der Waals surface area contributed by atoms with Gasteiger partial charge in [-0.05, 0) is 12.1 Å². The fourth-order valence-corrected chi connectivity index (χ4v) is 0.870. The molecule has 6 N–H and O–H groups in total. The molecule has 0 unspecified atom stereocenters. The van der Waals surface area contributed by atoms with Crippen molar-refractivity contribution in [3.63, 3.8) is 0 Å². The van der Waals surface area contributed by atoms with Gasteiger partial charge in [-0.15, -0.1) is 0 Å². The van der Waals surface area contributed by atoms with Gasteiger partial charge in [0, 0.05) is 12.2 Å². The Bertz CT molecular complexity index is 520. The molecule has 0 aliphatic rings. The van der Waals surface area contributed by atoms with Gasteiger partial charge in [0.15, 0.2) is 17.2 Å². The third-order valence-corrected chi connectivity index (χ3v) is 1.69. The number of aromatic carboxylic acids is 1. The fraction of sp³-hybridized carbons (Fsp3) is 0. The molecule has 108 valence electrons. The largest absolute Gasteiger partial charge is 0.504 e. The van der Waals surface area contributed by atoms with E-state index >= 15 is 0 Å². The van der Waals surface area contributed by atoms with Gasteiger partial charge < -0.3 is 30.6 Å². The van der Waals surface area contributed by atoms with Gasteiger partial charge in [-0.2, -0.15) is 0 Å². The van der Waals surface area contributed by atoms with E-state index in [1.54, 1.807) is 0 Å². The summed E-state index contributed by atoms with van der Waals surface area (Å²) in [6.45, 7) is 0. The van der Waals surface area contributed by atoms with Crippen LogP contribution in [0, 0.1) is 0 Å². The van der Waals surface area contributed by atoms with Crippen LogP contribution in [0.5, 0.6) is 17.2 Å². The summed E-state index contributed by atoms with van der Waals surface area (Å²) < 4.78 is 0. The van der Waals surface area contributed by atoms with E-state index < -0.39 is 35.2 Å². The summed E-state index contributed by atoms with van der Waals surface area (Å²) in [6.07, 6.45) is 1.12. The van der Waals surface area contributed by atoms with Crippen molar-refractivity contribution in [3.05, 3.63) is 29.8 Å². The summed E-state index contributed by atoms with van der Waals surface area (Å²) in [5.41, 5.74) is -0.289. The second-order valence-electron chi connectivity index (χ2n) is 3.18. The summed E-state index contributed by atoms with van der Waals surface area (Å²) in [4.78, 5) is 29.4. The second-order valence-corrected chi connectivity index (χ2v) is 3.18. The quantitative estimate of drug-likeness (QED) is 0.335. The lowest BCUT2D eigenvalue weighted by Crippen LogP contribution is -1.95. The zero-order valence-corrected chi connectivity index (χ0v) is 9.72. The van der Waals surface area contributed by atoms with Crippen LogP contribution in [0.15, 0.2) is 24.3 Å². The van der Waals surface area contributed by atoms with Gasteiger partial charge in [-0.3, -0.25) is 0 Å². The molecule has 0 aliphatic carbocycles. The Hall–Kier alpha value is -3.23. The zero-order valence-electron chi connectivity index (χ0n) is 9.72. The molecule has 0 aromatic heterocycles. The third kappa shape index (κ3) is 5.91. The molecule has 0 spiro atoms. The summed E-state index contributed by atoms with van der Waals surface area (Å²) in [6, 6.07) is 1.69. The van der Waals surface area contributed by atoms with Gasteiger partial charge in [0.05, 0.1) is 5.56 Å². The molecule has 9 heteroatoms. The highest BCUT2D eigenvalue weighted by Gasteiger charge is 2.11. The Balaban J connectivity index is 0.000000396. The van der Waals surface area contributed by atoms with Crippen LogP contribution < -0.4 is 0 Å². The summed E-state index contributed by atoms with van der Waals surface area (Å²) in [7, 11) is 0. The lowest BCUT2D eigenvalue weighted by atomic mass is 10.2. The average molecular weight is 286 g/mol. The third-order valence-electron chi connectivity index (χ3n) is 1.69. The van der Waals surface area contributed by atoms with E-state index in [1.165, 1.54) is 0 Å². The molecule has 0 fully saturated rings. The van der Waals surface area contributed by atoms with E-state index in [4.69, 9.17) is 30.6 Å². The zero-order chi connectivity index (χ0) is 15.9. The van der Waals surface area contributed by atoms with Gasteiger partial charge in [0.25, 0.3) is 0 Å². The van der Waals surface area contributed by atoms with Crippen LogP contribution in [-0.4, -0.2) is 48.5 Å². The number of benzene rings is 1. The number of hydrogen-bond acceptors (Lipinski definition) is 6. The minimum Gasteiger partial charge on any atom is -0.504 e. The molecule has 1 aromatic rings. The number of carbonyl (C=O) groups is 3. The molecule has 0 aliphatic heterocycles. The highest BCUT2D eigenvalue weighted by molar-refractivity contribution is 5.90. The van der Waals surface area contributed by atoms with Gasteiger partial charge in [-0.25, -0.2) is 14.4 Å². The minimum absolute atomic E-state index is 0.289. The molecule has 1 rings (SSSR count). The molecule has 0 heterocycles. The highest BCUT2D eigenvalue weighted by Crippen LogP contribution is 2.35. The number of phenols is 3. The standard InChI is InChI=1S/C7H6O5.C4H4O4/c8-4-1-3(7(11)12)2-5(9)6(4)10;5-3(6)1-2-4(7)8/h1-2,8-10H,(H,11,12);1-2H,(H,5,6)(H,7,8)/b;2-1+. The Kier molecular flexibility index (Phi) is 6.09. The van der Waals surface area contributed by atoms with Gasteiger partial charge >= 0.3 is 17.9 Å². The van der Waals surface area contributed by atoms with Crippen molar-refractivity contribution >= 4 is 17.9 Å². The smallest absolute Gasteiger partial charge is 0.335 e. The van der Waals surface area contributed by atoms with E-state index in [0.717, 1.165) is 12.1 Å². The van der Waals surface area contributed by atoms with Crippen molar-refractivity contribution < 1.29 is 45.0 Å². The lowest BCUT2D eigenvalue weighted by Gasteiger charge is -2.01. The predicted octanol–water partition coefficient (Wildman–Crippen LogP) is 0.213. The van der Waals surface area contributed by atoms with Crippen molar-refractivity contribution in [2.24, 2.45) is 0 Å². The van der Waals surface area contributed by atoms with Crippen molar-refractivity contribution in [2.45, 2.75) is 0 Å². The Morgan fingerprint density at radius 2 is 1.15 bits per heavy atom. The Labute approximate surface area is 111 Å². The molecule has 0 bridgehead atoms. The maximum Gasteiger partial charge on any atom is 0.335 e. The molecular formula is C11H10O9. The topological polar surface area (TPSA) is 173 Å². The molecular weight excluding hydrogens is 276 g/mol. The molecule has 0 amide bonds. The summed E-state index contributed by atoms with van der Waals surface area (Å²) in [5.74, 6) is -5.85. The first-order chi connectivity index (χ1) is 9.15. The van der Waals surface area contributed by atoms with Gasteiger partial charge in [0.1, 0.15) is 0 Å². The number of hydrogen-bond donors (Lipinski definition) is 6. The number of phenolic OH excluding ortho intramolecular Hbond substituents is 3. The predicted molar refractivity (Wildman–Crippen MR) is 62.8 cm³/mol. The first-order valence-corrected chi connectivity index (χ1v) is 4.77. The second kappa shape index (κ2) is 7.26. The molecule has 0 radical (unpaired) electrons. The normalized spacial score (nSPS) is 9.60. The van der Waals surface area contributed by atoms with E-state index in [2.05, 4.69) is 0 Å². The van der Waals surface area contributed by atoms with Crippen LogP contribution in [0.3, 0.4) is 0 Å². The maximum absolute atomic E-state index is 10.3. The number of aromatic hydroxyl groups is 3. The van der Waals surface area contributed by atoms with E-state index in [9.17, 15) is 14.4 Å². The first kappa shape index (κ1) is 16.8. The van der Waals surface area contributed by atoms with Gasteiger partial charge in [-0.1, -0.05) is 0 Å². The number of aliphatic carboxylic acids is 2. The van der Waals surface area contributed by atoms with Gasteiger partial charge in [0.2, 0.25) is 0 Å². The van der Waals surface area contributed by atoms with Crippen molar-refractivity contribution in [1.82, 2.24) is 0 Å². The van der Waals surface area contributed by atoms with Crippen LogP contribution in [0.4, 0.5) is 0 Å². The molecule has 0 saturated carbocycles. The van der Waals surface area contributed by atoms with Crippen molar-refractivity contribution in [1.29, 1.82) is 0 Å². The number of carboxylic acids is 3. The van der Waals surface area contributed by atoms with Crippen molar-refractivity contribution in [2.75, 3.05) is 0 Å². The van der Waals surface area contributed by atoms with Crippen LogP contribution >= 0.6 is 0 Å². The van der Waals surface area contributed by atoms with Crippen LogP contribution in [0.25, 0.3) is 0 Å². The average Bonchev–Trinajstić information content (AvgIpc) is 2.33. The molecule has 0 saturated heterocycles. The van der Waals surface area contributed by atoms with E-state index in [1.807, 2.05) is 0 Å². The minimum atomic E-state index is -1.29. The van der Waals surface area contributed by atoms with Crippen LogP contribution in [-0.2, 0) is 9.59 Å². The van der Waals surface area contributed by atoms with E-state index in [0.29, 0.717) is 12.2 Å². The Morgan fingerprint density at radius 3 is 1.40 bits per heavy atom. The molecule has 9 nitrogen and oxygen atoms in total. The van der Waals surface area contributed by atoms with E-state index in [-0.39, 0.29) is 5.56 Å². The molecule has 1 aromatic carbocycles. The van der Waals surface area contributed by atoms with Crippen LogP contribution in [0.2, 0.25) is 0 Å².